The van der Waals surface area contributed by atoms with Gasteiger partial charge in [-0.25, -0.2) is 9.37 Å². The number of hydrogen-bond donors (Lipinski definition) is 1. The van der Waals surface area contributed by atoms with Crippen molar-refractivity contribution in [3.63, 3.8) is 0 Å². The van der Waals surface area contributed by atoms with Crippen LogP contribution in [0.25, 0.3) is 10.9 Å². The molecule has 1 aromatic carbocycles. The SMILES string of the molecule is COc1ccc2ncc(Cl)c(CCCC3CCN(CCSc4cc(F)ccn4)CC3C(=O)O)c2c1. The predicted molar refractivity (Wildman–Crippen MR) is 137 cm³/mol. The summed E-state index contributed by atoms with van der Waals surface area (Å²) in [4.78, 5) is 22.8. The van der Waals surface area contributed by atoms with E-state index >= 15 is 0 Å². The van der Waals surface area contributed by atoms with E-state index in [0.29, 0.717) is 16.6 Å². The average Bonchev–Trinajstić information content (AvgIpc) is 2.85. The van der Waals surface area contributed by atoms with Crippen LogP contribution in [0.1, 0.15) is 24.8 Å². The molecule has 1 saturated heterocycles. The summed E-state index contributed by atoms with van der Waals surface area (Å²) in [5, 5.41) is 12.1. The maximum absolute atomic E-state index is 13.3. The second kappa shape index (κ2) is 12.0. The van der Waals surface area contributed by atoms with Crippen LogP contribution < -0.4 is 4.74 Å². The highest BCUT2D eigenvalue weighted by Gasteiger charge is 2.33. The first kappa shape index (κ1) is 25.7. The number of aryl methyl sites for hydroxylation is 1. The van der Waals surface area contributed by atoms with Crippen molar-refractivity contribution in [1.82, 2.24) is 14.9 Å². The van der Waals surface area contributed by atoms with Crippen molar-refractivity contribution in [2.75, 3.05) is 32.5 Å². The molecule has 4 rings (SSSR count). The number of aliphatic carboxylic acids is 1. The van der Waals surface area contributed by atoms with E-state index in [1.807, 2.05) is 18.2 Å². The van der Waals surface area contributed by atoms with E-state index in [9.17, 15) is 14.3 Å². The molecule has 2 unspecified atom stereocenters. The Bertz CT molecular complexity index is 1180. The van der Waals surface area contributed by atoms with Gasteiger partial charge in [-0.2, -0.15) is 0 Å². The van der Waals surface area contributed by atoms with Gasteiger partial charge in [0.25, 0.3) is 0 Å². The molecule has 1 aliphatic heterocycles. The molecule has 6 nitrogen and oxygen atoms in total. The number of pyridine rings is 2. The zero-order valence-electron chi connectivity index (χ0n) is 19.6. The second-order valence-electron chi connectivity index (χ2n) is 8.81. The highest BCUT2D eigenvalue weighted by Crippen LogP contribution is 2.32. The third kappa shape index (κ3) is 6.63. The van der Waals surface area contributed by atoms with E-state index in [-0.39, 0.29) is 11.7 Å². The Morgan fingerprint density at radius 2 is 2.17 bits per heavy atom. The van der Waals surface area contributed by atoms with Gasteiger partial charge in [0.05, 0.1) is 28.6 Å². The molecule has 35 heavy (non-hydrogen) atoms. The Labute approximate surface area is 213 Å². The summed E-state index contributed by atoms with van der Waals surface area (Å²) < 4.78 is 18.7. The Balaban J connectivity index is 1.32. The summed E-state index contributed by atoms with van der Waals surface area (Å²) in [6.45, 7) is 2.15. The van der Waals surface area contributed by atoms with Gasteiger partial charge in [-0.3, -0.25) is 9.78 Å². The van der Waals surface area contributed by atoms with Crippen LogP contribution in [-0.4, -0.2) is 58.4 Å². The molecule has 1 aliphatic rings. The van der Waals surface area contributed by atoms with E-state index in [1.165, 1.54) is 30.1 Å². The highest BCUT2D eigenvalue weighted by atomic mass is 35.5. The first-order valence-electron chi connectivity index (χ1n) is 11.7. The lowest BCUT2D eigenvalue weighted by atomic mass is 9.81. The number of hydrogen-bond acceptors (Lipinski definition) is 6. The summed E-state index contributed by atoms with van der Waals surface area (Å²) in [7, 11) is 1.63. The number of benzene rings is 1. The van der Waals surface area contributed by atoms with E-state index in [0.717, 1.165) is 66.7 Å². The molecule has 186 valence electrons. The van der Waals surface area contributed by atoms with Crippen LogP contribution >= 0.6 is 23.4 Å². The van der Waals surface area contributed by atoms with Gasteiger partial charge in [-0.15, -0.1) is 11.8 Å². The van der Waals surface area contributed by atoms with E-state index in [2.05, 4.69) is 14.9 Å². The molecule has 0 spiro atoms. The largest absolute Gasteiger partial charge is 0.497 e. The van der Waals surface area contributed by atoms with E-state index in [4.69, 9.17) is 16.3 Å². The smallest absolute Gasteiger partial charge is 0.308 e. The van der Waals surface area contributed by atoms with Crippen molar-refractivity contribution in [2.45, 2.75) is 30.7 Å². The van der Waals surface area contributed by atoms with Gasteiger partial charge in [0, 0.05) is 42.7 Å². The predicted octanol–water partition coefficient (Wildman–Crippen LogP) is 5.57. The molecule has 9 heteroatoms. The average molecular weight is 518 g/mol. The normalized spacial score (nSPS) is 18.6. The molecule has 0 aliphatic carbocycles. The molecule has 2 atom stereocenters. The summed E-state index contributed by atoms with van der Waals surface area (Å²) in [5.74, 6) is 0.191. The molecule has 3 aromatic rings. The number of likely N-dealkylation sites (tertiary alicyclic amines) is 1. The van der Waals surface area contributed by atoms with Crippen LogP contribution in [-0.2, 0) is 11.2 Å². The van der Waals surface area contributed by atoms with Gasteiger partial charge in [0.1, 0.15) is 11.6 Å². The zero-order chi connectivity index (χ0) is 24.8. The van der Waals surface area contributed by atoms with E-state index < -0.39 is 11.9 Å². The van der Waals surface area contributed by atoms with Crippen molar-refractivity contribution >= 4 is 40.2 Å². The van der Waals surface area contributed by atoms with Crippen LogP contribution in [0.2, 0.25) is 5.02 Å². The minimum atomic E-state index is -0.740. The number of halogens is 2. The van der Waals surface area contributed by atoms with Gasteiger partial charge in [-0.05, 0) is 68.0 Å². The fraction of sp³-hybridized carbons (Fsp3) is 0.423. The molecule has 0 saturated carbocycles. The number of carbonyl (C=O) groups is 1. The van der Waals surface area contributed by atoms with Crippen LogP contribution in [0, 0.1) is 17.7 Å². The lowest BCUT2D eigenvalue weighted by Crippen LogP contribution is -2.44. The Morgan fingerprint density at radius 3 is 2.94 bits per heavy atom. The van der Waals surface area contributed by atoms with Gasteiger partial charge in [0.15, 0.2) is 0 Å². The third-order valence-electron chi connectivity index (χ3n) is 6.65. The van der Waals surface area contributed by atoms with Crippen molar-refractivity contribution in [1.29, 1.82) is 0 Å². The number of piperidine rings is 1. The summed E-state index contributed by atoms with van der Waals surface area (Å²) in [5.41, 5.74) is 1.90. The molecule has 2 aromatic heterocycles. The fourth-order valence-electron chi connectivity index (χ4n) is 4.76. The van der Waals surface area contributed by atoms with Crippen molar-refractivity contribution in [3.05, 3.63) is 59.1 Å². The number of thioether (sulfide) groups is 1. The topological polar surface area (TPSA) is 75.5 Å². The third-order valence-corrected chi connectivity index (χ3v) is 7.88. The molecule has 0 radical (unpaired) electrons. The maximum Gasteiger partial charge on any atom is 0.308 e. The number of rotatable bonds is 10. The quantitative estimate of drug-likeness (QED) is 0.352. The monoisotopic (exact) mass is 517 g/mol. The Morgan fingerprint density at radius 1 is 1.31 bits per heavy atom. The van der Waals surface area contributed by atoms with Gasteiger partial charge in [0.2, 0.25) is 0 Å². The number of methoxy groups -OCH3 is 1. The van der Waals surface area contributed by atoms with Crippen molar-refractivity contribution < 1.29 is 19.0 Å². The molecular formula is C26H29ClFN3O3S. The van der Waals surface area contributed by atoms with Crippen LogP contribution in [0.15, 0.2) is 47.8 Å². The number of carboxylic acids is 1. The summed E-state index contributed by atoms with van der Waals surface area (Å²) in [6.07, 6.45) is 6.43. The number of nitrogens with zero attached hydrogens (tertiary/aromatic N) is 3. The van der Waals surface area contributed by atoms with Crippen molar-refractivity contribution in [2.24, 2.45) is 11.8 Å². The van der Waals surface area contributed by atoms with E-state index in [1.54, 1.807) is 13.3 Å². The maximum atomic E-state index is 13.3. The fourth-order valence-corrected chi connectivity index (χ4v) is 5.90. The summed E-state index contributed by atoms with van der Waals surface area (Å²) in [6, 6.07) is 8.51. The Hall–Kier alpha value is -2.42. The minimum Gasteiger partial charge on any atom is -0.497 e. The zero-order valence-corrected chi connectivity index (χ0v) is 21.2. The lowest BCUT2D eigenvalue weighted by molar-refractivity contribution is -0.146. The standard InChI is InChI=1S/C26H29ClFN3O3S/c1-34-19-5-6-24-21(14-19)20(23(27)15-30-24)4-2-3-17-8-10-31(16-22(17)26(32)33)11-12-35-25-13-18(28)7-9-29-25/h5-7,9,13-15,17,22H,2-4,8,10-12,16H2,1H3,(H,32,33). The highest BCUT2D eigenvalue weighted by molar-refractivity contribution is 7.99. The van der Waals surface area contributed by atoms with Gasteiger partial charge >= 0.3 is 5.97 Å². The number of carboxylic acid groups (broad SMARTS) is 1. The molecular weight excluding hydrogens is 489 g/mol. The van der Waals surface area contributed by atoms with Crippen molar-refractivity contribution in [3.8, 4) is 5.75 Å². The molecule has 0 bridgehead atoms. The molecule has 1 N–H and O–H groups in total. The van der Waals surface area contributed by atoms with Crippen LogP contribution in [0.4, 0.5) is 4.39 Å². The number of aromatic nitrogens is 2. The van der Waals surface area contributed by atoms with Crippen LogP contribution in [0.3, 0.4) is 0 Å². The minimum absolute atomic E-state index is 0.128. The number of fused-ring (bicyclic) bond motifs is 1. The second-order valence-corrected chi connectivity index (χ2v) is 10.3. The molecule has 0 amide bonds. The summed E-state index contributed by atoms with van der Waals surface area (Å²) >= 11 is 7.98. The first-order chi connectivity index (χ1) is 16.9. The number of ether oxygens (including phenoxy) is 1. The lowest BCUT2D eigenvalue weighted by Gasteiger charge is -2.36. The van der Waals surface area contributed by atoms with Gasteiger partial charge < -0.3 is 14.7 Å². The van der Waals surface area contributed by atoms with Gasteiger partial charge in [-0.1, -0.05) is 11.6 Å². The van der Waals surface area contributed by atoms with Crippen LogP contribution in [0.5, 0.6) is 5.75 Å². The molecule has 1 fully saturated rings. The first-order valence-corrected chi connectivity index (χ1v) is 13.1. The molecule has 3 heterocycles. The Kier molecular flexibility index (Phi) is 8.81.